The lowest BCUT2D eigenvalue weighted by molar-refractivity contribution is 0.0466. The van der Waals surface area contributed by atoms with Crippen molar-refractivity contribution in [3.05, 3.63) is 0 Å². The van der Waals surface area contributed by atoms with Gasteiger partial charge in [-0.25, -0.2) is 0 Å². The maximum atomic E-state index is 6.03. The van der Waals surface area contributed by atoms with Crippen molar-refractivity contribution in [2.75, 3.05) is 7.05 Å². The van der Waals surface area contributed by atoms with Gasteiger partial charge in [0.25, 0.3) is 0 Å². The molecule has 1 rings (SSSR count). The molecule has 1 aliphatic rings. The van der Waals surface area contributed by atoms with Gasteiger partial charge in [-0.3, -0.25) is 0 Å². The lowest BCUT2D eigenvalue weighted by Gasteiger charge is -2.31. The summed E-state index contributed by atoms with van der Waals surface area (Å²) in [5.74, 6) is 2.19. The maximum absolute atomic E-state index is 6.03. The second-order valence-corrected chi connectivity index (χ2v) is 6.53. The van der Waals surface area contributed by atoms with Crippen LogP contribution in [0.15, 0.2) is 0 Å². The zero-order valence-corrected chi connectivity index (χ0v) is 13.9. The van der Waals surface area contributed by atoms with Crippen molar-refractivity contribution in [1.29, 1.82) is 0 Å². The molecule has 1 saturated heterocycles. The Balaban J connectivity index is 2.61. The molecule has 6 atom stereocenters. The average molecular weight is 269 g/mol. The lowest BCUT2D eigenvalue weighted by Crippen LogP contribution is -2.41. The number of unbranched alkanes of at least 4 members (excludes halogenated alkanes) is 1. The summed E-state index contributed by atoms with van der Waals surface area (Å²) in [5.41, 5.74) is 0. The lowest BCUT2D eigenvalue weighted by atomic mass is 9.78. The van der Waals surface area contributed by atoms with Gasteiger partial charge in [-0.1, -0.05) is 46.5 Å². The molecule has 0 saturated carbocycles. The summed E-state index contributed by atoms with van der Waals surface area (Å²) in [5, 5.41) is 3.59. The second kappa shape index (κ2) is 8.26. The van der Waals surface area contributed by atoms with Crippen LogP contribution in [-0.4, -0.2) is 25.3 Å². The molecule has 0 aromatic carbocycles. The minimum absolute atomic E-state index is 0.395. The van der Waals surface area contributed by atoms with E-state index in [1.54, 1.807) is 0 Å². The molecule has 19 heavy (non-hydrogen) atoms. The van der Waals surface area contributed by atoms with Crippen LogP contribution in [0.25, 0.3) is 0 Å². The van der Waals surface area contributed by atoms with Crippen molar-refractivity contribution in [1.82, 2.24) is 5.32 Å². The van der Waals surface area contributed by atoms with Crippen molar-refractivity contribution in [2.24, 2.45) is 17.8 Å². The van der Waals surface area contributed by atoms with Gasteiger partial charge in [-0.15, -0.1) is 0 Å². The Morgan fingerprint density at radius 3 is 2.21 bits per heavy atom. The largest absolute Gasteiger partial charge is 0.375 e. The first-order valence-corrected chi connectivity index (χ1v) is 8.37. The zero-order chi connectivity index (χ0) is 14.4. The molecule has 0 aromatic rings. The van der Waals surface area contributed by atoms with E-state index in [0.29, 0.717) is 30.1 Å². The Hall–Kier alpha value is -0.0800. The third-order valence-electron chi connectivity index (χ3n) is 5.28. The van der Waals surface area contributed by atoms with Crippen molar-refractivity contribution in [3.63, 3.8) is 0 Å². The van der Waals surface area contributed by atoms with Gasteiger partial charge in [0.1, 0.15) is 0 Å². The van der Waals surface area contributed by atoms with Gasteiger partial charge in [-0.05, 0) is 39.2 Å². The van der Waals surface area contributed by atoms with Crippen LogP contribution in [0.4, 0.5) is 0 Å². The summed E-state index contributed by atoms with van der Waals surface area (Å²) in [7, 11) is 2.12. The highest BCUT2D eigenvalue weighted by Gasteiger charge is 2.41. The Kier molecular flexibility index (Phi) is 7.38. The molecule has 1 fully saturated rings. The second-order valence-electron chi connectivity index (χ2n) is 6.53. The molecule has 1 heterocycles. The minimum Gasteiger partial charge on any atom is -0.375 e. The van der Waals surface area contributed by atoms with Crippen LogP contribution in [0.5, 0.6) is 0 Å². The van der Waals surface area contributed by atoms with Crippen LogP contribution in [0.2, 0.25) is 0 Å². The molecule has 0 amide bonds. The van der Waals surface area contributed by atoms with Crippen molar-refractivity contribution < 1.29 is 4.74 Å². The van der Waals surface area contributed by atoms with Crippen LogP contribution >= 0.6 is 0 Å². The fourth-order valence-corrected chi connectivity index (χ4v) is 3.80. The van der Waals surface area contributed by atoms with Gasteiger partial charge in [0.2, 0.25) is 0 Å². The Labute approximate surface area is 120 Å². The Morgan fingerprint density at radius 2 is 1.79 bits per heavy atom. The first-order chi connectivity index (χ1) is 9.04. The fourth-order valence-electron chi connectivity index (χ4n) is 3.80. The van der Waals surface area contributed by atoms with Gasteiger partial charge >= 0.3 is 0 Å². The summed E-state index contributed by atoms with van der Waals surface area (Å²) in [4.78, 5) is 0. The van der Waals surface area contributed by atoms with Gasteiger partial charge < -0.3 is 10.1 Å². The average Bonchev–Trinajstić information content (AvgIpc) is 2.65. The van der Waals surface area contributed by atoms with Gasteiger partial charge in [0.15, 0.2) is 0 Å². The molecule has 0 spiro atoms. The standard InChI is InChI=1S/C17H35NO/c1-7-9-10-15(8-2)11-16(18-6)17-12(3)13(4)19-14(17)5/h12-18H,7-11H2,1-6H3. The third kappa shape index (κ3) is 4.46. The van der Waals surface area contributed by atoms with Crippen molar-refractivity contribution in [3.8, 4) is 0 Å². The molecule has 2 heteroatoms. The van der Waals surface area contributed by atoms with Crippen LogP contribution in [0.1, 0.15) is 66.7 Å². The Bertz CT molecular complexity index is 243. The summed E-state index contributed by atoms with van der Waals surface area (Å²) >= 11 is 0. The van der Waals surface area contributed by atoms with E-state index in [1.807, 2.05) is 0 Å². The van der Waals surface area contributed by atoms with E-state index in [2.05, 4.69) is 47.0 Å². The molecule has 114 valence electrons. The molecule has 0 bridgehead atoms. The number of hydrogen-bond donors (Lipinski definition) is 1. The smallest absolute Gasteiger partial charge is 0.0597 e. The summed E-state index contributed by atoms with van der Waals surface area (Å²) < 4.78 is 6.03. The molecule has 1 aliphatic heterocycles. The topological polar surface area (TPSA) is 21.3 Å². The first-order valence-electron chi connectivity index (χ1n) is 8.37. The molecule has 2 nitrogen and oxygen atoms in total. The zero-order valence-electron chi connectivity index (χ0n) is 13.9. The predicted molar refractivity (Wildman–Crippen MR) is 83.4 cm³/mol. The van der Waals surface area contributed by atoms with Gasteiger partial charge in [-0.2, -0.15) is 0 Å². The molecule has 0 aromatic heterocycles. The number of hydrogen-bond acceptors (Lipinski definition) is 2. The molecular formula is C17H35NO. The number of nitrogens with one attached hydrogen (secondary N) is 1. The van der Waals surface area contributed by atoms with Crippen LogP contribution in [-0.2, 0) is 4.74 Å². The van der Waals surface area contributed by atoms with Crippen molar-refractivity contribution >= 4 is 0 Å². The maximum Gasteiger partial charge on any atom is 0.0597 e. The Morgan fingerprint density at radius 1 is 1.11 bits per heavy atom. The normalized spacial score (nSPS) is 34.4. The van der Waals surface area contributed by atoms with Crippen LogP contribution in [0.3, 0.4) is 0 Å². The SMILES string of the molecule is CCCCC(CC)CC(NC)C1C(C)OC(C)C1C. The van der Waals surface area contributed by atoms with E-state index >= 15 is 0 Å². The molecule has 0 aliphatic carbocycles. The van der Waals surface area contributed by atoms with E-state index in [9.17, 15) is 0 Å². The monoisotopic (exact) mass is 269 g/mol. The highest BCUT2D eigenvalue weighted by atomic mass is 16.5. The van der Waals surface area contributed by atoms with Crippen LogP contribution < -0.4 is 5.32 Å². The molecule has 1 N–H and O–H groups in total. The summed E-state index contributed by atoms with van der Waals surface area (Å²) in [6.07, 6.45) is 7.50. The third-order valence-corrected chi connectivity index (χ3v) is 5.28. The summed E-state index contributed by atoms with van der Waals surface area (Å²) in [6.45, 7) is 11.5. The number of ether oxygens (including phenoxy) is 1. The van der Waals surface area contributed by atoms with Gasteiger partial charge in [0, 0.05) is 12.0 Å². The molecule has 0 radical (unpaired) electrons. The molecular weight excluding hydrogens is 234 g/mol. The van der Waals surface area contributed by atoms with E-state index in [-0.39, 0.29) is 0 Å². The highest BCUT2D eigenvalue weighted by Crippen LogP contribution is 2.37. The van der Waals surface area contributed by atoms with Crippen LogP contribution in [0, 0.1) is 17.8 Å². The van der Waals surface area contributed by atoms with Crippen molar-refractivity contribution in [2.45, 2.75) is 85.0 Å². The minimum atomic E-state index is 0.395. The van der Waals surface area contributed by atoms with E-state index in [0.717, 1.165) is 5.92 Å². The quantitative estimate of drug-likeness (QED) is 0.711. The molecule has 6 unspecified atom stereocenters. The van der Waals surface area contributed by atoms with E-state index in [4.69, 9.17) is 4.74 Å². The predicted octanol–water partition coefficient (Wildman–Crippen LogP) is 4.24. The highest BCUT2D eigenvalue weighted by molar-refractivity contribution is 4.92. The fraction of sp³-hybridized carbons (Fsp3) is 1.00. The van der Waals surface area contributed by atoms with E-state index in [1.165, 1.54) is 32.1 Å². The number of rotatable bonds is 8. The first kappa shape index (κ1) is 17.0. The van der Waals surface area contributed by atoms with Gasteiger partial charge in [0.05, 0.1) is 12.2 Å². The van der Waals surface area contributed by atoms with E-state index < -0.39 is 0 Å². The summed E-state index contributed by atoms with van der Waals surface area (Å²) in [6, 6.07) is 0.608.